The van der Waals surface area contributed by atoms with Gasteiger partial charge in [-0.1, -0.05) is 30.3 Å². The number of aliphatic carboxylic acids is 1. The molecule has 1 heterocycles. The number of hydrogen-bond acceptors (Lipinski definition) is 3. The van der Waals surface area contributed by atoms with E-state index in [1.807, 2.05) is 18.2 Å². The van der Waals surface area contributed by atoms with Gasteiger partial charge in [-0.15, -0.1) is 0 Å². The van der Waals surface area contributed by atoms with Crippen molar-refractivity contribution in [2.45, 2.75) is 25.4 Å². The van der Waals surface area contributed by atoms with Crippen LogP contribution in [0.1, 0.15) is 18.9 Å². The van der Waals surface area contributed by atoms with E-state index in [1.165, 1.54) is 6.92 Å². The van der Waals surface area contributed by atoms with Crippen molar-refractivity contribution in [3.8, 4) is 0 Å². The second-order valence-corrected chi connectivity index (χ2v) is 4.71. The van der Waals surface area contributed by atoms with Gasteiger partial charge >= 0.3 is 12.0 Å². The topological polar surface area (TPSA) is 86.7 Å². The molecule has 1 aromatic carbocycles. The lowest BCUT2D eigenvalue weighted by Crippen LogP contribution is -2.45. The molecule has 0 aromatic heterocycles. The van der Waals surface area contributed by atoms with Gasteiger partial charge in [0, 0.05) is 0 Å². The number of hydrogen-bond donors (Lipinski definition) is 2. The first kappa shape index (κ1) is 13.1. The Morgan fingerprint density at radius 2 is 1.95 bits per heavy atom. The molecule has 0 aliphatic carbocycles. The number of rotatable bonds is 4. The molecule has 2 rings (SSSR count). The average molecular weight is 262 g/mol. The number of carbonyl (C=O) groups is 3. The number of carbonyl (C=O) groups excluding carboxylic acids is 2. The molecule has 1 atom stereocenters. The van der Waals surface area contributed by atoms with Gasteiger partial charge in [-0.25, -0.2) is 4.79 Å². The van der Waals surface area contributed by atoms with Crippen molar-refractivity contribution in [1.82, 2.24) is 10.2 Å². The van der Waals surface area contributed by atoms with Crippen LogP contribution in [0, 0.1) is 0 Å². The van der Waals surface area contributed by atoms with E-state index in [2.05, 4.69) is 5.32 Å². The third kappa shape index (κ3) is 2.57. The molecule has 1 saturated heterocycles. The first-order chi connectivity index (χ1) is 8.92. The van der Waals surface area contributed by atoms with Crippen molar-refractivity contribution in [3.05, 3.63) is 35.9 Å². The maximum Gasteiger partial charge on any atom is 0.325 e. The molecule has 0 saturated carbocycles. The Balaban J connectivity index is 2.17. The van der Waals surface area contributed by atoms with Crippen molar-refractivity contribution in [1.29, 1.82) is 0 Å². The Morgan fingerprint density at radius 3 is 2.53 bits per heavy atom. The summed E-state index contributed by atoms with van der Waals surface area (Å²) in [4.78, 5) is 35.7. The minimum atomic E-state index is -1.36. The van der Waals surface area contributed by atoms with Crippen molar-refractivity contribution in [2.75, 3.05) is 0 Å². The van der Waals surface area contributed by atoms with Crippen LogP contribution in [0.4, 0.5) is 4.79 Å². The normalized spacial score (nSPS) is 22.5. The summed E-state index contributed by atoms with van der Waals surface area (Å²) in [6, 6.07) is 8.50. The Labute approximate surface area is 110 Å². The number of nitrogens with one attached hydrogen (secondary N) is 1. The molecule has 0 spiro atoms. The summed E-state index contributed by atoms with van der Waals surface area (Å²) in [5.41, 5.74) is -0.553. The van der Waals surface area contributed by atoms with Crippen molar-refractivity contribution in [3.63, 3.8) is 0 Å². The molecule has 1 aliphatic heterocycles. The predicted molar refractivity (Wildman–Crippen MR) is 66.2 cm³/mol. The highest BCUT2D eigenvalue weighted by Gasteiger charge is 2.48. The molecule has 1 aliphatic rings. The summed E-state index contributed by atoms with van der Waals surface area (Å²) in [6.07, 6.45) is -0.428. The van der Waals surface area contributed by atoms with E-state index < -0.39 is 29.9 Å². The van der Waals surface area contributed by atoms with E-state index in [1.54, 1.807) is 12.1 Å². The monoisotopic (exact) mass is 262 g/mol. The first-order valence-corrected chi connectivity index (χ1v) is 5.82. The van der Waals surface area contributed by atoms with Gasteiger partial charge in [-0.05, 0) is 12.5 Å². The number of imide groups is 1. The number of carboxylic acid groups (broad SMARTS) is 1. The maximum atomic E-state index is 12.2. The third-order valence-electron chi connectivity index (χ3n) is 3.03. The zero-order chi connectivity index (χ0) is 14.0. The van der Waals surface area contributed by atoms with Crippen molar-refractivity contribution < 1.29 is 19.5 Å². The number of urea groups is 1. The summed E-state index contributed by atoms with van der Waals surface area (Å²) < 4.78 is 0. The van der Waals surface area contributed by atoms with E-state index >= 15 is 0 Å². The standard InChI is InChI=1S/C13H14N2O4/c1-13(7-10(16)17)11(18)15(12(19)14-13)8-9-5-3-2-4-6-9/h2-6H,7-8H2,1H3,(H,14,19)(H,16,17). The van der Waals surface area contributed by atoms with E-state index in [0.29, 0.717) is 0 Å². The van der Waals surface area contributed by atoms with Gasteiger partial charge in [0.1, 0.15) is 5.54 Å². The SMILES string of the molecule is CC1(CC(=O)O)NC(=O)N(Cc2ccccc2)C1=O. The van der Waals surface area contributed by atoms with Gasteiger partial charge < -0.3 is 10.4 Å². The zero-order valence-electron chi connectivity index (χ0n) is 10.4. The van der Waals surface area contributed by atoms with Crippen LogP contribution in [0.25, 0.3) is 0 Å². The molecule has 1 fully saturated rings. The van der Waals surface area contributed by atoms with Gasteiger partial charge in [0.05, 0.1) is 13.0 Å². The Hall–Kier alpha value is -2.37. The second kappa shape index (κ2) is 4.72. The maximum absolute atomic E-state index is 12.2. The number of amides is 3. The minimum absolute atomic E-state index is 0.140. The lowest BCUT2D eigenvalue weighted by molar-refractivity contribution is -0.142. The fraction of sp³-hybridized carbons (Fsp3) is 0.308. The lowest BCUT2D eigenvalue weighted by atomic mass is 9.98. The fourth-order valence-corrected chi connectivity index (χ4v) is 2.08. The Morgan fingerprint density at radius 1 is 1.32 bits per heavy atom. The van der Waals surface area contributed by atoms with Crippen LogP contribution in [-0.4, -0.2) is 33.5 Å². The van der Waals surface area contributed by atoms with Crippen LogP contribution in [0.5, 0.6) is 0 Å². The van der Waals surface area contributed by atoms with Gasteiger partial charge in [0.2, 0.25) is 0 Å². The van der Waals surface area contributed by atoms with E-state index in [4.69, 9.17) is 5.11 Å². The van der Waals surface area contributed by atoms with Gasteiger partial charge in [-0.2, -0.15) is 0 Å². The van der Waals surface area contributed by atoms with Gasteiger partial charge in [0.25, 0.3) is 5.91 Å². The van der Waals surface area contributed by atoms with Crippen molar-refractivity contribution >= 4 is 17.9 Å². The van der Waals surface area contributed by atoms with Crippen LogP contribution in [0.2, 0.25) is 0 Å². The summed E-state index contributed by atoms with van der Waals surface area (Å²) in [5, 5.41) is 11.2. The van der Waals surface area contributed by atoms with Gasteiger partial charge in [0.15, 0.2) is 0 Å². The molecule has 6 nitrogen and oxygen atoms in total. The third-order valence-corrected chi connectivity index (χ3v) is 3.03. The summed E-state index contributed by atoms with van der Waals surface area (Å²) >= 11 is 0. The largest absolute Gasteiger partial charge is 0.481 e. The predicted octanol–water partition coefficient (Wildman–Crippen LogP) is 0.972. The lowest BCUT2D eigenvalue weighted by Gasteiger charge is -2.19. The van der Waals surface area contributed by atoms with E-state index in [0.717, 1.165) is 10.5 Å². The molecule has 0 radical (unpaired) electrons. The van der Waals surface area contributed by atoms with Crippen molar-refractivity contribution in [2.24, 2.45) is 0 Å². The number of benzene rings is 1. The van der Waals surface area contributed by atoms with Crippen LogP contribution in [0.3, 0.4) is 0 Å². The fourth-order valence-electron chi connectivity index (χ4n) is 2.08. The number of carboxylic acids is 1. The Kier molecular flexibility index (Phi) is 3.25. The summed E-state index contributed by atoms with van der Waals surface area (Å²) in [7, 11) is 0. The average Bonchev–Trinajstić information content (AvgIpc) is 2.53. The molecular weight excluding hydrogens is 248 g/mol. The van der Waals surface area contributed by atoms with E-state index in [-0.39, 0.29) is 6.54 Å². The molecular formula is C13H14N2O4. The van der Waals surface area contributed by atoms with Crippen LogP contribution in [0.15, 0.2) is 30.3 Å². The molecule has 6 heteroatoms. The minimum Gasteiger partial charge on any atom is -0.481 e. The first-order valence-electron chi connectivity index (χ1n) is 5.82. The second-order valence-electron chi connectivity index (χ2n) is 4.71. The molecule has 2 N–H and O–H groups in total. The zero-order valence-corrected chi connectivity index (χ0v) is 10.4. The quantitative estimate of drug-likeness (QED) is 0.792. The summed E-state index contributed by atoms with van der Waals surface area (Å²) in [6.45, 7) is 1.56. The molecule has 1 unspecified atom stereocenters. The van der Waals surface area contributed by atoms with Crippen LogP contribution >= 0.6 is 0 Å². The molecule has 100 valence electrons. The Bertz CT molecular complexity index is 529. The molecule has 19 heavy (non-hydrogen) atoms. The molecule has 3 amide bonds. The summed E-state index contributed by atoms with van der Waals surface area (Å²) in [5.74, 6) is -1.64. The highest BCUT2D eigenvalue weighted by atomic mass is 16.4. The van der Waals surface area contributed by atoms with Crippen LogP contribution in [-0.2, 0) is 16.1 Å². The number of nitrogens with zero attached hydrogens (tertiary/aromatic N) is 1. The van der Waals surface area contributed by atoms with Crippen LogP contribution < -0.4 is 5.32 Å². The smallest absolute Gasteiger partial charge is 0.325 e. The van der Waals surface area contributed by atoms with E-state index in [9.17, 15) is 14.4 Å². The highest BCUT2D eigenvalue weighted by molar-refractivity contribution is 6.08. The van der Waals surface area contributed by atoms with Gasteiger partial charge in [-0.3, -0.25) is 14.5 Å². The molecule has 1 aromatic rings. The molecule has 0 bridgehead atoms. The highest BCUT2D eigenvalue weighted by Crippen LogP contribution is 2.22.